The number of fused-ring (bicyclic) bond motifs is 3. The first kappa shape index (κ1) is 22.1. The SMILES string of the molecule is C[C@H](NC(=O)OCC1c2ccccc2-c2ccccc21)C(=O)N[C@H](C(=O)O)c1ccccc1. The maximum atomic E-state index is 12.5. The normalized spacial score (nSPS) is 13.8. The van der Waals surface area contributed by atoms with Gasteiger partial charge in [0, 0.05) is 5.92 Å². The van der Waals surface area contributed by atoms with Gasteiger partial charge in [-0.25, -0.2) is 9.59 Å². The molecule has 7 nitrogen and oxygen atoms in total. The summed E-state index contributed by atoms with van der Waals surface area (Å²) in [5.41, 5.74) is 4.85. The average molecular weight is 444 g/mol. The Morgan fingerprint density at radius 2 is 1.39 bits per heavy atom. The summed E-state index contributed by atoms with van der Waals surface area (Å²) in [5, 5.41) is 14.4. The van der Waals surface area contributed by atoms with E-state index in [0.29, 0.717) is 5.56 Å². The van der Waals surface area contributed by atoms with E-state index in [1.54, 1.807) is 30.3 Å². The van der Waals surface area contributed by atoms with Crippen molar-refractivity contribution in [3.05, 3.63) is 95.6 Å². The van der Waals surface area contributed by atoms with Gasteiger partial charge in [0.2, 0.25) is 5.91 Å². The molecule has 4 rings (SSSR count). The standard InChI is InChI=1S/C26H24N2O5/c1-16(24(29)28-23(25(30)31)17-9-3-2-4-10-17)27-26(32)33-15-22-20-13-7-5-11-18(20)19-12-6-8-14-21(19)22/h2-14,16,22-23H,15H2,1H3,(H,27,32)(H,28,29)(H,30,31)/t16-,23-/m0/s1. The minimum Gasteiger partial charge on any atom is -0.479 e. The fraction of sp³-hybridized carbons (Fsp3) is 0.192. The van der Waals surface area contributed by atoms with Crippen LogP contribution in [0.5, 0.6) is 0 Å². The summed E-state index contributed by atoms with van der Waals surface area (Å²) in [6.07, 6.45) is -0.744. The Labute approximate surface area is 191 Å². The van der Waals surface area contributed by atoms with E-state index in [2.05, 4.69) is 10.6 Å². The molecule has 2 amide bonds. The van der Waals surface area contributed by atoms with Crippen LogP contribution >= 0.6 is 0 Å². The van der Waals surface area contributed by atoms with Gasteiger partial charge in [0.1, 0.15) is 12.6 Å². The molecule has 1 aliphatic rings. The molecule has 0 bridgehead atoms. The van der Waals surface area contributed by atoms with Crippen molar-refractivity contribution in [1.29, 1.82) is 0 Å². The van der Waals surface area contributed by atoms with E-state index in [9.17, 15) is 19.5 Å². The average Bonchev–Trinajstić information content (AvgIpc) is 3.15. The number of hydrogen-bond acceptors (Lipinski definition) is 4. The summed E-state index contributed by atoms with van der Waals surface area (Å²) in [6.45, 7) is 1.59. The molecule has 0 fully saturated rings. The van der Waals surface area contributed by atoms with Gasteiger partial charge in [-0.05, 0) is 34.7 Å². The third-order valence-electron chi connectivity index (χ3n) is 5.74. The summed E-state index contributed by atoms with van der Waals surface area (Å²) in [4.78, 5) is 36.5. The van der Waals surface area contributed by atoms with E-state index in [4.69, 9.17) is 4.74 Å². The number of ether oxygens (including phenoxy) is 1. The lowest BCUT2D eigenvalue weighted by Gasteiger charge is -2.20. The Balaban J connectivity index is 1.36. The lowest BCUT2D eigenvalue weighted by Crippen LogP contribution is -2.47. The maximum absolute atomic E-state index is 12.5. The van der Waals surface area contributed by atoms with Crippen molar-refractivity contribution in [1.82, 2.24) is 10.6 Å². The van der Waals surface area contributed by atoms with Crippen LogP contribution in [0, 0.1) is 0 Å². The number of carboxylic acid groups (broad SMARTS) is 1. The number of amides is 2. The molecule has 168 valence electrons. The first-order valence-corrected chi connectivity index (χ1v) is 10.7. The number of carboxylic acids is 1. The van der Waals surface area contributed by atoms with Crippen LogP contribution in [0.4, 0.5) is 4.79 Å². The lowest BCUT2D eigenvalue weighted by atomic mass is 9.98. The second-order valence-electron chi connectivity index (χ2n) is 7.88. The third-order valence-corrected chi connectivity index (χ3v) is 5.74. The van der Waals surface area contributed by atoms with Crippen LogP contribution in [0.15, 0.2) is 78.9 Å². The molecule has 0 saturated heterocycles. The van der Waals surface area contributed by atoms with Gasteiger partial charge in [-0.15, -0.1) is 0 Å². The van der Waals surface area contributed by atoms with Crippen LogP contribution in [0.25, 0.3) is 11.1 Å². The number of carbonyl (C=O) groups is 3. The fourth-order valence-electron chi connectivity index (χ4n) is 4.08. The number of aliphatic carboxylic acids is 1. The van der Waals surface area contributed by atoms with Crippen LogP contribution in [-0.2, 0) is 14.3 Å². The lowest BCUT2D eigenvalue weighted by molar-refractivity contribution is -0.142. The number of hydrogen-bond donors (Lipinski definition) is 3. The summed E-state index contributed by atoms with van der Waals surface area (Å²) in [7, 11) is 0. The maximum Gasteiger partial charge on any atom is 0.407 e. The first-order chi connectivity index (χ1) is 16.0. The van der Waals surface area contributed by atoms with Crippen LogP contribution in [0.2, 0.25) is 0 Å². The molecule has 7 heteroatoms. The number of nitrogens with one attached hydrogen (secondary N) is 2. The molecular weight excluding hydrogens is 420 g/mol. The summed E-state index contributed by atoms with van der Waals surface area (Å²) < 4.78 is 5.45. The molecule has 2 atom stereocenters. The highest BCUT2D eigenvalue weighted by Crippen LogP contribution is 2.44. The Kier molecular flexibility index (Phi) is 6.40. The van der Waals surface area contributed by atoms with Crippen molar-refractivity contribution in [2.24, 2.45) is 0 Å². The molecule has 0 spiro atoms. The van der Waals surface area contributed by atoms with Crippen LogP contribution in [-0.4, -0.2) is 35.7 Å². The Hall–Kier alpha value is -4.13. The number of alkyl carbamates (subject to hydrolysis) is 1. The Morgan fingerprint density at radius 1 is 0.848 bits per heavy atom. The van der Waals surface area contributed by atoms with E-state index in [1.165, 1.54) is 6.92 Å². The van der Waals surface area contributed by atoms with E-state index >= 15 is 0 Å². The van der Waals surface area contributed by atoms with Crippen LogP contribution in [0.1, 0.15) is 35.6 Å². The van der Waals surface area contributed by atoms with Crippen molar-refractivity contribution in [3.8, 4) is 11.1 Å². The molecule has 0 heterocycles. The zero-order valence-electron chi connectivity index (χ0n) is 18.0. The van der Waals surface area contributed by atoms with Gasteiger partial charge in [0.05, 0.1) is 0 Å². The molecular formula is C26H24N2O5. The summed E-state index contributed by atoms with van der Waals surface area (Å²) in [6, 6.07) is 22.2. The van der Waals surface area contributed by atoms with Crippen molar-refractivity contribution in [2.75, 3.05) is 6.61 Å². The smallest absolute Gasteiger partial charge is 0.407 e. The van der Waals surface area contributed by atoms with E-state index in [1.807, 2.05) is 48.5 Å². The molecule has 0 unspecified atom stereocenters. The number of rotatable bonds is 7. The fourth-order valence-corrected chi connectivity index (χ4v) is 4.08. The highest BCUT2D eigenvalue weighted by molar-refractivity contribution is 5.89. The zero-order chi connectivity index (χ0) is 23.4. The molecule has 33 heavy (non-hydrogen) atoms. The highest BCUT2D eigenvalue weighted by atomic mass is 16.5. The van der Waals surface area contributed by atoms with Crippen LogP contribution < -0.4 is 10.6 Å². The van der Waals surface area contributed by atoms with Gasteiger partial charge in [0.25, 0.3) is 0 Å². The Bertz CT molecular complexity index is 1130. The zero-order valence-corrected chi connectivity index (χ0v) is 18.0. The van der Waals surface area contributed by atoms with Crippen LogP contribution in [0.3, 0.4) is 0 Å². The highest BCUT2D eigenvalue weighted by Gasteiger charge is 2.30. The molecule has 0 aliphatic heterocycles. The van der Waals surface area contributed by atoms with Gasteiger partial charge in [-0.1, -0.05) is 78.9 Å². The first-order valence-electron chi connectivity index (χ1n) is 10.7. The second kappa shape index (κ2) is 9.56. The van der Waals surface area contributed by atoms with Crippen molar-refractivity contribution in [2.45, 2.75) is 24.9 Å². The van der Waals surface area contributed by atoms with Gasteiger partial charge >= 0.3 is 12.1 Å². The van der Waals surface area contributed by atoms with Gasteiger partial charge in [-0.3, -0.25) is 4.79 Å². The molecule has 0 aromatic heterocycles. The molecule has 3 aromatic rings. The minimum atomic E-state index is -1.22. The minimum absolute atomic E-state index is 0.0956. The molecule has 3 N–H and O–H groups in total. The number of benzene rings is 3. The monoisotopic (exact) mass is 444 g/mol. The second-order valence-corrected chi connectivity index (χ2v) is 7.88. The van der Waals surface area contributed by atoms with Crippen molar-refractivity contribution >= 4 is 18.0 Å². The largest absolute Gasteiger partial charge is 0.479 e. The number of carbonyl (C=O) groups excluding carboxylic acids is 2. The quantitative estimate of drug-likeness (QED) is 0.513. The summed E-state index contributed by atoms with van der Waals surface area (Å²) >= 11 is 0. The van der Waals surface area contributed by atoms with Gasteiger partial charge in [-0.2, -0.15) is 0 Å². The summed E-state index contributed by atoms with van der Waals surface area (Å²) in [5.74, 6) is -1.91. The van der Waals surface area contributed by atoms with Crippen molar-refractivity contribution in [3.63, 3.8) is 0 Å². The van der Waals surface area contributed by atoms with E-state index in [-0.39, 0.29) is 12.5 Å². The third kappa shape index (κ3) is 4.72. The Morgan fingerprint density at radius 3 is 1.97 bits per heavy atom. The topological polar surface area (TPSA) is 105 Å². The molecule has 0 radical (unpaired) electrons. The predicted octanol–water partition coefficient (Wildman–Crippen LogP) is 3.86. The van der Waals surface area contributed by atoms with Gasteiger partial charge < -0.3 is 20.5 Å². The van der Waals surface area contributed by atoms with E-state index in [0.717, 1.165) is 22.3 Å². The molecule has 0 saturated carbocycles. The molecule has 1 aliphatic carbocycles. The van der Waals surface area contributed by atoms with E-state index < -0.39 is 30.1 Å². The molecule has 3 aromatic carbocycles. The van der Waals surface area contributed by atoms with Gasteiger partial charge in [0.15, 0.2) is 6.04 Å². The van der Waals surface area contributed by atoms with Crippen molar-refractivity contribution < 1.29 is 24.2 Å². The predicted molar refractivity (Wildman–Crippen MR) is 123 cm³/mol.